The van der Waals surface area contributed by atoms with E-state index in [0.717, 1.165) is 47.9 Å². The van der Waals surface area contributed by atoms with Crippen LogP contribution in [0.1, 0.15) is 28.6 Å². The largest absolute Gasteiger partial charge is 0.493 e. The zero-order chi connectivity index (χ0) is 21.8. The Bertz CT molecular complexity index is 1150. The van der Waals surface area contributed by atoms with E-state index >= 15 is 0 Å². The van der Waals surface area contributed by atoms with Crippen LogP contribution in [0.3, 0.4) is 0 Å². The highest BCUT2D eigenvalue weighted by Gasteiger charge is 2.12. The molecule has 0 bridgehead atoms. The third-order valence-corrected chi connectivity index (χ3v) is 6.21. The van der Waals surface area contributed by atoms with Crippen LogP contribution in [-0.4, -0.2) is 33.3 Å². The third kappa shape index (κ3) is 4.89. The number of aryl methyl sites for hydroxylation is 2. The van der Waals surface area contributed by atoms with Crippen LogP contribution < -0.4 is 9.47 Å². The maximum Gasteiger partial charge on any atom is 0.161 e. The lowest BCUT2D eigenvalue weighted by molar-refractivity contribution is 0.268. The van der Waals surface area contributed by atoms with Gasteiger partial charge in [-0.3, -0.25) is 9.58 Å². The van der Waals surface area contributed by atoms with E-state index in [1.165, 1.54) is 16.0 Å². The topological polar surface area (TPSA) is 52.4 Å². The highest BCUT2D eigenvalue weighted by atomic mass is 32.1. The molecule has 31 heavy (non-hydrogen) atoms. The van der Waals surface area contributed by atoms with Gasteiger partial charge in [-0.1, -0.05) is 19.1 Å². The summed E-state index contributed by atoms with van der Waals surface area (Å²) < 4.78 is 13.4. The SMILES string of the molecule is CCN(Cc1ccc(OCc2cccs2)c(OC)c1)Cc1cnc2c(c1)c(C)nn2C. The predicted octanol–water partition coefficient (Wildman–Crippen LogP) is 4.95. The van der Waals surface area contributed by atoms with Gasteiger partial charge in [0.2, 0.25) is 0 Å². The number of hydrogen-bond donors (Lipinski definition) is 0. The highest BCUT2D eigenvalue weighted by Crippen LogP contribution is 2.30. The fourth-order valence-corrected chi connectivity index (χ4v) is 4.32. The molecule has 0 spiro atoms. The Morgan fingerprint density at radius 1 is 1.10 bits per heavy atom. The average molecular weight is 437 g/mol. The lowest BCUT2D eigenvalue weighted by Crippen LogP contribution is -2.22. The van der Waals surface area contributed by atoms with Gasteiger partial charge in [-0.05, 0) is 54.2 Å². The first-order valence-electron chi connectivity index (χ1n) is 10.4. The minimum atomic E-state index is 0.553. The van der Waals surface area contributed by atoms with Crippen molar-refractivity contribution in [2.24, 2.45) is 7.05 Å². The first-order valence-corrected chi connectivity index (χ1v) is 11.3. The number of thiophene rings is 1. The summed E-state index contributed by atoms with van der Waals surface area (Å²) >= 11 is 1.69. The molecule has 4 aromatic rings. The third-order valence-electron chi connectivity index (χ3n) is 5.36. The molecule has 1 aromatic carbocycles. The number of hydrogen-bond acceptors (Lipinski definition) is 6. The molecule has 3 aromatic heterocycles. The van der Waals surface area contributed by atoms with Crippen LogP contribution in [0, 0.1) is 6.92 Å². The Hall–Kier alpha value is -2.90. The summed E-state index contributed by atoms with van der Waals surface area (Å²) in [5.41, 5.74) is 4.31. The van der Waals surface area contributed by atoms with Crippen LogP contribution in [0.2, 0.25) is 0 Å². The van der Waals surface area contributed by atoms with E-state index in [1.807, 2.05) is 37.0 Å². The molecular weight excluding hydrogens is 408 g/mol. The number of fused-ring (bicyclic) bond motifs is 1. The summed E-state index contributed by atoms with van der Waals surface area (Å²) in [6, 6.07) is 12.5. The fourth-order valence-electron chi connectivity index (χ4n) is 3.71. The van der Waals surface area contributed by atoms with Gasteiger partial charge in [0.05, 0.1) is 12.8 Å². The summed E-state index contributed by atoms with van der Waals surface area (Å²) in [6.45, 7) is 7.34. The Morgan fingerprint density at radius 2 is 1.94 bits per heavy atom. The summed E-state index contributed by atoms with van der Waals surface area (Å²) in [4.78, 5) is 8.19. The van der Waals surface area contributed by atoms with Crippen molar-refractivity contribution in [3.05, 3.63) is 69.7 Å². The summed E-state index contributed by atoms with van der Waals surface area (Å²) in [7, 11) is 3.62. The molecule has 0 saturated heterocycles. The number of benzene rings is 1. The average Bonchev–Trinajstić information content (AvgIpc) is 3.40. The number of methoxy groups -OCH3 is 1. The number of rotatable bonds is 9. The molecule has 0 radical (unpaired) electrons. The van der Waals surface area contributed by atoms with Crippen molar-refractivity contribution < 1.29 is 9.47 Å². The molecule has 4 rings (SSSR count). The molecule has 0 aliphatic rings. The van der Waals surface area contributed by atoms with Gasteiger partial charge in [-0.25, -0.2) is 4.98 Å². The van der Waals surface area contributed by atoms with Gasteiger partial charge in [0, 0.05) is 36.6 Å². The molecule has 0 atom stereocenters. The molecule has 3 heterocycles. The monoisotopic (exact) mass is 436 g/mol. The van der Waals surface area contributed by atoms with E-state index in [2.05, 4.69) is 51.6 Å². The maximum absolute atomic E-state index is 5.96. The lowest BCUT2D eigenvalue weighted by atomic mass is 10.1. The van der Waals surface area contributed by atoms with Crippen molar-refractivity contribution in [1.82, 2.24) is 19.7 Å². The standard InChI is InChI=1S/C24H28N4O2S/c1-5-28(15-19-11-21-17(2)26-27(3)24(21)25-13-19)14-18-8-9-22(23(12-18)29-4)30-16-20-7-6-10-31-20/h6-13H,5,14-16H2,1-4H3. The van der Waals surface area contributed by atoms with Gasteiger partial charge < -0.3 is 9.47 Å². The van der Waals surface area contributed by atoms with Crippen LogP contribution in [0.25, 0.3) is 11.0 Å². The van der Waals surface area contributed by atoms with Gasteiger partial charge in [0.1, 0.15) is 6.61 Å². The highest BCUT2D eigenvalue weighted by molar-refractivity contribution is 7.09. The van der Waals surface area contributed by atoms with Crippen molar-refractivity contribution >= 4 is 22.4 Å². The zero-order valence-corrected chi connectivity index (χ0v) is 19.3. The number of nitrogens with zero attached hydrogens (tertiary/aromatic N) is 4. The number of pyridine rings is 1. The molecule has 6 nitrogen and oxygen atoms in total. The lowest BCUT2D eigenvalue weighted by Gasteiger charge is -2.21. The zero-order valence-electron chi connectivity index (χ0n) is 18.5. The summed E-state index contributed by atoms with van der Waals surface area (Å²) in [5.74, 6) is 1.53. The molecule has 7 heteroatoms. The molecule has 0 N–H and O–H groups in total. The first kappa shape index (κ1) is 21.3. The van der Waals surface area contributed by atoms with Crippen molar-refractivity contribution in [1.29, 1.82) is 0 Å². The fraction of sp³-hybridized carbons (Fsp3) is 0.333. The normalized spacial score (nSPS) is 11.4. The second kappa shape index (κ2) is 9.49. The second-order valence-corrected chi connectivity index (χ2v) is 8.61. The molecule has 0 saturated carbocycles. The first-order chi connectivity index (χ1) is 15.1. The van der Waals surface area contributed by atoms with Gasteiger partial charge in [0.15, 0.2) is 17.1 Å². The van der Waals surface area contributed by atoms with Crippen LogP contribution in [0.15, 0.2) is 48.0 Å². The number of aromatic nitrogens is 3. The molecule has 0 aliphatic heterocycles. The summed E-state index contributed by atoms with van der Waals surface area (Å²) in [5, 5.41) is 7.64. The number of ether oxygens (including phenoxy) is 2. The predicted molar refractivity (Wildman–Crippen MR) is 125 cm³/mol. The van der Waals surface area contributed by atoms with Crippen LogP contribution in [0.4, 0.5) is 0 Å². The van der Waals surface area contributed by atoms with Gasteiger partial charge in [0.25, 0.3) is 0 Å². The molecule has 0 aliphatic carbocycles. The van der Waals surface area contributed by atoms with E-state index in [-0.39, 0.29) is 0 Å². The maximum atomic E-state index is 5.96. The van der Waals surface area contributed by atoms with E-state index < -0.39 is 0 Å². The quantitative estimate of drug-likeness (QED) is 0.372. The molecule has 162 valence electrons. The summed E-state index contributed by atoms with van der Waals surface area (Å²) in [6.07, 6.45) is 1.95. The van der Waals surface area contributed by atoms with Gasteiger partial charge in [-0.2, -0.15) is 5.10 Å². The van der Waals surface area contributed by atoms with E-state index in [9.17, 15) is 0 Å². The second-order valence-electron chi connectivity index (χ2n) is 7.58. The minimum Gasteiger partial charge on any atom is -0.493 e. The smallest absolute Gasteiger partial charge is 0.161 e. The van der Waals surface area contributed by atoms with Crippen molar-refractivity contribution in [3.63, 3.8) is 0 Å². The van der Waals surface area contributed by atoms with Gasteiger partial charge in [-0.15, -0.1) is 11.3 Å². The van der Waals surface area contributed by atoms with Crippen molar-refractivity contribution in [2.75, 3.05) is 13.7 Å². The van der Waals surface area contributed by atoms with Crippen molar-refractivity contribution in [3.8, 4) is 11.5 Å². The van der Waals surface area contributed by atoms with Crippen LogP contribution >= 0.6 is 11.3 Å². The minimum absolute atomic E-state index is 0.553. The Morgan fingerprint density at radius 3 is 2.68 bits per heavy atom. The molecule has 0 fully saturated rings. The molecule has 0 amide bonds. The van der Waals surface area contributed by atoms with Crippen LogP contribution in [0.5, 0.6) is 11.5 Å². The molecular formula is C24H28N4O2S. The van der Waals surface area contributed by atoms with E-state index in [4.69, 9.17) is 9.47 Å². The van der Waals surface area contributed by atoms with Gasteiger partial charge >= 0.3 is 0 Å². The molecule has 0 unspecified atom stereocenters. The Kier molecular flexibility index (Phi) is 6.53. The Balaban J connectivity index is 1.45. The van der Waals surface area contributed by atoms with Crippen molar-refractivity contribution in [2.45, 2.75) is 33.5 Å². The Labute approximate surface area is 187 Å². The van der Waals surface area contributed by atoms with E-state index in [0.29, 0.717) is 6.61 Å². The van der Waals surface area contributed by atoms with E-state index in [1.54, 1.807) is 18.4 Å². The van der Waals surface area contributed by atoms with Crippen LogP contribution in [-0.2, 0) is 26.7 Å².